The van der Waals surface area contributed by atoms with E-state index in [-0.39, 0.29) is 42.6 Å². The number of halogens is 2. The first-order valence-electron chi connectivity index (χ1n) is 8.96. The Labute approximate surface area is 161 Å². The van der Waals surface area contributed by atoms with Crippen LogP contribution in [0, 0.1) is 5.92 Å². The number of nitrogens with zero attached hydrogens (tertiary/aromatic N) is 3. The molecular formula is C17H29Cl2N5O. The van der Waals surface area contributed by atoms with Crippen LogP contribution in [0.25, 0.3) is 0 Å². The van der Waals surface area contributed by atoms with E-state index in [4.69, 9.17) is 0 Å². The highest BCUT2D eigenvalue weighted by molar-refractivity contribution is 5.85. The minimum Gasteiger partial charge on any atom is -0.351 e. The van der Waals surface area contributed by atoms with Crippen LogP contribution in [0.5, 0.6) is 0 Å². The minimum atomic E-state index is 0. The molecule has 0 spiro atoms. The van der Waals surface area contributed by atoms with Crippen molar-refractivity contribution in [2.45, 2.75) is 43.7 Å². The molecule has 1 aromatic heterocycles. The molecule has 2 unspecified atom stereocenters. The van der Waals surface area contributed by atoms with Gasteiger partial charge in [0.1, 0.15) is 0 Å². The van der Waals surface area contributed by atoms with E-state index in [1.807, 2.05) is 24.1 Å². The second-order valence-electron chi connectivity index (χ2n) is 7.32. The fraction of sp³-hybridized carbons (Fsp3) is 0.765. The second kappa shape index (κ2) is 8.71. The summed E-state index contributed by atoms with van der Waals surface area (Å²) >= 11 is 0. The maximum Gasteiger partial charge on any atom is 0.225 e. The first-order chi connectivity index (χ1) is 11.2. The number of aryl methyl sites for hydroxylation is 1. The van der Waals surface area contributed by atoms with Gasteiger partial charge >= 0.3 is 0 Å². The quantitative estimate of drug-likeness (QED) is 0.817. The summed E-state index contributed by atoms with van der Waals surface area (Å²) in [6.07, 6.45) is 8.89. The SMILES string of the molecule is Cl.Cl.Cn1cc([C@H]2CNC[C@@H]2C(=O)NC2CCN3CCCCC23)cn1. The lowest BCUT2D eigenvalue weighted by molar-refractivity contribution is -0.125. The molecule has 3 aliphatic heterocycles. The second-order valence-corrected chi connectivity index (χ2v) is 7.32. The summed E-state index contributed by atoms with van der Waals surface area (Å²) in [4.78, 5) is 15.4. The van der Waals surface area contributed by atoms with Gasteiger partial charge in [-0.3, -0.25) is 14.4 Å². The normalized spacial score (nSPS) is 31.7. The molecule has 1 amide bonds. The Morgan fingerprint density at radius 2 is 2.08 bits per heavy atom. The van der Waals surface area contributed by atoms with E-state index in [1.165, 1.54) is 31.4 Å². The summed E-state index contributed by atoms with van der Waals surface area (Å²) in [6.45, 7) is 3.99. The molecule has 4 rings (SSSR count). The van der Waals surface area contributed by atoms with Crippen LogP contribution in [0.3, 0.4) is 0 Å². The topological polar surface area (TPSA) is 62.2 Å². The summed E-state index contributed by atoms with van der Waals surface area (Å²) in [6, 6.07) is 0.914. The number of amides is 1. The Balaban J connectivity index is 0.00000113. The Hall–Kier alpha value is -0.820. The molecule has 0 aliphatic carbocycles. The highest BCUT2D eigenvalue weighted by Crippen LogP contribution is 2.30. The molecule has 4 heterocycles. The zero-order valence-corrected chi connectivity index (χ0v) is 16.3. The van der Waals surface area contributed by atoms with Crippen molar-refractivity contribution in [3.8, 4) is 0 Å². The number of hydrogen-bond acceptors (Lipinski definition) is 4. The van der Waals surface area contributed by atoms with E-state index in [0.717, 1.165) is 26.1 Å². The monoisotopic (exact) mass is 389 g/mol. The molecule has 142 valence electrons. The Morgan fingerprint density at radius 3 is 2.84 bits per heavy atom. The van der Waals surface area contributed by atoms with Gasteiger partial charge < -0.3 is 10.6 Å². The highest BCUT2D eigenvalue weighted by atomic mass is 35.5. The average molecular weight is 390 g/mol. The number of piperidine rings is 1. The zero-order chi connectivity index (χ0) is 15.8. The maximum absolute atomic E-state index is 12.9. The Morgan fingerprint density at radius 1 is 1.24 bits per heavy atom. The number of nitrogens with one attached hydrogen (secondary N) is 2. The van der Waals surface area contributed by atoms with Gasteiger partial charge in [0.15, 0.2) is 0 Å². The van der Waals surface area contributed by atoms with Gasteiger partial charge in [-0.25, -0.2) is 0 Å². The molecule has 1 aromatic rings. The number of rotatable bonds is 3. The molecule has 4 atom stereocenters. The summed E-state index contributed by atoms with van der Waals surface area (Å²) in [5.74, 6) is 0.491. The predicted octanol–water partition coefficient (Wildman–Crippen LogP) is 1.31. The third-order valence-corrected chi connectivity index (χ3v) is 5.89. The predicted molar refractivity (Wildman–Crippen MR) is 103 cm³/mol. The first kappa shape index (κ1) is 20.5. The fourth-order valence-corrected chi connectivity index (χ4v) is 4.64. The van der Waals surface area contributed by atoms with E-state index >= 15 is 0 Å². The standard InChI is InChI=1S/C17H27N5O.2ClH/c1-21-11-12(8-19-21)13-9-18-10-14(13)17(23)20-15-5-7-22-6-3-2-4-16(15)22;;/h8,11,13-16,18H,2-7,9-10H2,1H3,(H,20,23);2*1H/t13-,14+,15?,16?;;/m1../s1. The van der Waals surface area contributed by atoms with E-state index in [1.54, 1.807) is 0 Å². The summed E-state index contributed by atoms with van der Waals surface area (Å²) in [5, 5.41) is 11.0. The van der Waals surface area contributed by atoms with Gasteiger partial charge in [0, 0.05) is 50.9 Å². The summed E-state index contributed by atoms with van der Waals surface area (Å²) in [7, 11) is 1.93. The lowest BCUT2D eigenvalue weighted by atomic mass is 9.89. The van der Waals surface area contributed by atoms with Crippen molar-refractivity contribution in [1.82, 2.24) is 25.3 Å². The van der Waals surface area contributed by atoms with Crippen LogP contribution in [0.4, 0.5) is 0 Å². The molecule has 8 heteroatoms. The molecule has 3 aliphatic rings. The number of hydrogen-bond donors (Lipinski definition) is 2. The van der Waals surface area contributed by atoms with Crippen molar-refractivity contribution in [3.05, 3.63) is 18.0 Å². The zero-order valence-electron chi connectivity index (χ0n) is 14.7. The molecule has 3 fully saturated rings. The first-order valence-corrected chi connectivity index (χ1v) is 8.96. The third kappa shape index (κ3) is 4.13. The van der Waals surface area contributed by atoms with Crippen LogP contribution >= 0.6 is 24.8 Å². The highest BCUT2D eigenvalue weighted by Gasteiger charge is 2.40. The van der Waals surface area contributed by atoms with Crippen LogP contribution in [0.1, 0.15) is 37.2 Å². The fourth-order valence-electron chi connectivity index (χ4n) is 4.64. The van der Waals surface area contributed by atoms with E-state index in [0.29, 0.717) is 12.1 Å². The van der Waals surface area contributed by atoms with Crippen molar-refractivity contribution >= 4 is 30.7 Å². The lowest BCUT2D eigenvalue weighted by Gasteiger charge is -2.33. The number of aromatic nitrogens is 2. The number of carbonyl (C=O) groups excluding carboxylic acids is 1. The molecule has 0 aromatic carbocycles. The largest absolute Gasteiger partial charge is 0.351 e. The van der Waals surface area contributed by atoms with E-state index < -0.39 is 0 Å². The molecule has 6 nitrogen and oxygen atoms in total. The molecule has 3 saturated heterocycles. The van der Waals surface area contributed by atoms with Gasteiger partial charge in [0.2, 0.25) is 5.91 Å². The van der Waals surface area contributed by atoms with Gasteiger partial charge in [-0.05, 0) is 31.4 Å². The van der Waals surface area contributed by atoms with Crippen molar-refractivity contribution in [2.75, 3.05) is 26.2 Å². The Bertz CT molecular complexity index is 581. The van der Waals surface area contributed by atoms with Crippen LogP contribution < -0.4 is 10.6 Å². The van der Waals surface area contributed by atoms with Gasteiger partial charge in [0.25, 0.3) is 0 Å². The third-order valence-electron chi connectivity index (χ3n) is 5.89. The van der Waals surface area contributed by atoms with Crippen LogP contribution in [-0.4, -0.2) is 58.9 Å². The van der Waals surface area contributed by atoms with Gasteiger partial charge in [-0.15, -0.1) is 24.8 Å². The molecular weight excluding hydrogens is 361 g/mol. The van der Waals surface area contributed by atoms with Crippen LogP contribution in [0.2, 0.25) is 0 Å². The van der Waals surface area contributed by atoms with Crippen LogP contribution in [-0.2, 0) is 11.8 Å². The van der Waals surface area contributed by atoms with Gasteiger partial charge in [-0.1, -0.05) is 6.42 Å². The van der Waals surface area contributed by atoms with Crippen LogP contribution in [0.15, 0.2) is 12.4 Å². The minimum absolute atomic E-state index is 0. The molecule has 0 bridgehead atoms. The molecule has 2 N–H and O–H groups in total. The number of fused-ring (bicyclic) bond motifs is 1. The lowest BCUT2D eigenvalue weighted by Crippen LogP contribution is -2.49. The van der Waals surface area contributed by atoms with Crippen molar-refractivity contribution in [3.63, 3.8) is 0 Å². The molecule has 0 saturated carbocycles. The maximum atomic E-state index is 12.9. The van der Waals surface area contributed by atoms with Crippen molar-refractivity contribution < 1.29 is 4.79 Å². The number of carbonyl (C=O) groups is 1. The summed E-state index contributed by atoms with van der Waals surface area (Å²) < 4.78 is 1.82. The Kier molecular flexibility index (Phi) is 7.14. The van der Waals surface area contributed by atoms with E-state index in [9.17, 15) is 4.79 Å². The molecule has 25 heavy (non-hydrogen) atoms. The summed E-state index contributed by atoms with van der Waals surface area (Å²) in [5.41, 5.74) is 1.17. The van der Waals surface area contributed by atoms with Crippen molar-refractivity contribution in [2.24, 2.45) is 13.0 Å². The van der Waals surface area contributed by atoms with E-state index in [2.05, 4.69) is 20.6 Å². The van der Waals surface area contributed by atoms with Gasteiger partial charge in [0.05, 0.1) is 12.1 Å². The smallest absolute Gasteiger partial charge is 0.225 e. The molecule has 0 radical (unpaired) electrons. The van der Waals surface area contributed by atoms with Gasteiger partial charge in [-0.2, -0.15) is 5.10 Å². The van der Waals surface area contributed by atoms with Crippen molar-refractivity contribution in [1.29, 1.82) is 0 Å². The average Bonchev–Trinajstić information content (AvgIpc) is 3.26.